The zero-order valence-electron chi connectivity index (χ0n) is 21.4. The van der Waals surface area contributed by atoms with E-state index in [9.17, 15) is 20.1 Å². The minimum Gasteiger partial charge on any atom is -0.479 e. The number of imidazole rings is 1. The smallest absolute Gasteiger partial charge is 0.333 e. The van der Waals surface area contributed by atoms with Gasteiger partial charge in [0.15, 0.2) is 34.9 Å². The number of terminal acetylenes is 1. The highest BCUT2D eigenvalue weighted by atomic mass is 35.5. The quantitative estimate of drug-likeness (QED) is 0.158. The number of aliphatic hydroxyl groups excluding tert-OH is 1. The molecule has 0 radical (unpaired) electrons. The number of aliphatic hydroxyl groups is 2. The second-order valence-corrected chi connectivity index (χ2v) is 10.2. The molecule has 1 fully saturated rings. The van der Waals surface area contributed by atoms with Gasteiger partial charge in [-0.25, -0.2) is 9.78 Å². The second-order valence-electron chi connectivity index (χ2n) is 9.43. The van der Waals surface area contributed by atoms with Crippen LogP contribution in [0.15, 0.2) is 60.9 Å². The highest BCUT2D eigenvalue weighted by Gasteiger charge is 2.56. The Kier molecular flexibility index (Phi) is 8.42. The lowest BCUT2D eigenvalue weighted by Crippen LogP contribution is -2.48. The molecule has 11 nitrogen and oxygen atoms in total. The van der Waals surface area contributed by atoms with Crippen molar-refractivity contribution in [1.82, 2.24) is 19.5 Å². The summed E-state index contributed by atoms with van der Waals surface area (Å²) in [5.74, 6) is 1.32. The maximum absolute atomic E-state index is 11.9. The summed E-state index contributed by atoms with van der Waals surface area (Å²) in [6, 6.07) is 16.2. The van der Waals surface area contributed by atoms with Crippen LogP contribution >= 0.6 is 23.2 Å². The predicted molar refractivity (Wildman–Crippen MR) is 150 cm³/mol. The molecule has 1 aliphatic rings. The number of carbonyl (C=O) groups is 1. The normalized spacial score (nSPS) is 22.9. The van der Waals surface area contributed by atoms with Gasteiger partial charge in [0.1, 0.15) is 12.2 Å². The number of rotatable bonds is 10. The molecule has 2 aromatic heterocycles. The van der Waals surface area contributed by atoms with Gasteiger partial charge >= 0.3 is 5.97 Å². The van der Waals surface area contributed by atoms with Crippen LogP contribution in [0.2, 0.25) is 10.3 Å². The van der Waals surface area contributed by atoms with Crippen LogP contribution in [-0.2, 0) is 27.2 Å². The molecule has 1 aliphatic heterocycles. The van der Waals surface area contributed by atoms with Gasteiger partial charge in [0.25, 0.3) is 0 Å². The van der Waals surface area contributed by atoms with Crippen molar-refractivity contribution < 1.29 is 29.6 Å². The number of carboxylic acid groups (broad SMARTS) is 1. The first-order chi connectivity index (χ1) is 19.7. The number of hydrogen-bond donors (Lipinski definition) is 4. The molecule has 2 aromatic carbocycles. The number of aliphatic carboxylic acids is 1. The minimum atomic E-state index is -2.20. The average molecular weight is 598 g/mol. The van der Waals surface area contributed by atoms with Crippen LogP contribution in [0, 0.1) is 12.3 Å². The number of halogens is 2. The molecule has 4 aromatic rings. The summed E-state index contributed by atoms with van der Waals surface area (Å²) in [7, 11) is 0. The summed E-state index contributed by atoms with van der Waals surface area (Å²) in [5, 5.41) is 35.6. The molecule has 0 spiro atoms. The summed E-state index contributed by atoms with van der Waals surface area (Å²) >= 11 is 12.2. The molecule has 13 heteroatoms. The van der Waals surface area contributed by atoms with Crippen molar-refractivity contribution in [3.8, 4) is 12.3 Å². The van der Waals surface area contributed by atoms with E-state index in [0.29, 0.717) is 22.9 Å². The molecule has 4 N–H and O–H groups in total. The Morgan fingerprint density at radius 2 is 1.90 bits per heavy atom. The van der Waals surface area contributed by atoms with Gasteiger partial charge in [-0.05, 0) is 34.9 Å². The zero-order valence-corrected chi connectivity index (χ0v) is 22.9. The molecule has 212 valence electrons. The number of ether oxygens (including phenoxy) is 2. The molecule has 0 aliphatic carbocycles. The van der Waals surface area contributed by atoms with Gasteiger partial charge in [0.05, 0.1) is 12.9 Å². The number of hydrogen-bond acceptors (Lipinski definition) is 9. The van der Waals surface area contributed by atoms with Crippen LogP contribution in [0.1, 0.15) is 17.4 Å². The van der Waals surface area contributed by atoms with Crippen LogP contribution in [0.4, 0.5) is 5.82 Å². The van der Waals surface area contributed by atoms with Gasteiger partial charge in [0.2, 0.25) is 5.28 Å². The molecule has 5 rings (SSSR count). The second kappa shape index (κ2) is 12.0. The largest absolute Gasteiger partial charge is 0.479 e. The van der Waals surface area contributed by atoms with E-state index in [4.69, 9.17) is 39.1 Å². The van der Waals surface area contributed by atoms with Crippen LogP contribution in [0.5, 0.6) is 0 Å². The summed E-state index contributed by atoms with van der Waals surface area (Å²) in [6.07, 6.45) is 1.64. The fourth-order valence-corrected chi connectivity index (χ4v) is 4.84. The van der Waals surface area contributed by atoms with Crippen molar-refractivity contribution in [2.24, 2.45) is 0 Å². The van der Waals surface area contributed by atoms with E-state index in [0.717, 1.165) is 11.1 Å². The van der Waals surface area contributed by atoms with Gasteiger partial charge in [-0.15, -0.1) is 6.42 Å². The highest BCUT2D eigenvalue weighted by Crippen LogP contribution is 2.39. The van der Waals surface area contributed by atoms with Crippen molar-refractivity contribution >= 4 is 46.2 Å². The molecule has 1 saturated heterocycles. The fourth-order valence-electron chi connectivity index (χ4n) is 4.55. The van der Waals surface area contributed by atoms with Gasteiger partial charge in [0, 0.05) is 18.0 Å². The first-order valence-electron chi connectivity index (χ1n) is 12.5. The van der Waals surface area contributed by atoms with Gasteiger partial charge < -0.3 is 30.1 Å². The topological polar surface area (TPSA) is 152 Å². The Hall–Kier alpha value is -3.76. The lowest BCUT2D eigenvalue weighted by Gasteiger charge is -2.26. The van der Waals surface area contributed by atoms with Crippen LogP contribution in [0.3, 0.4) is 0 Å². The van der Waals surface area contributed by atoms with Gasteiger partial charge in [-0.2, -0.15) is 9.97 Å². The van der Waals surface area contributed by atoms with Crippen molar-refractivity contribution in [2.45, 2.75) is 43.1 Å². The Morgan fingerprint density at radius 3 is 2.59 bits per heavy atom. The number of anilines is 1. The van der Waals surface area contributed by atoms with E-state index >= 15 is 0 Å². The molecule has 0 bridgehead atoms. The van der Waals surface area contributed by atoms with Gasteiger partial charge in [-0.1, -0.05) is 60.0 Å². The van der Waals surface area contributed by atoms with Crippen molar-refractivity contribution in [3.63, 3.8) is 0 Å². The van der Waals surface area contributed by atoms with Crippen molar-refractivity contribution in [2.75, 3.05) is 11.9 Å². The number of nitrogens with one attached hydrogen (secondary N) is 1. The van der Waals surface area contributed by atoms with E-state index in [1.54, 1.807) is 36.4 Å². The summed E-state index contributed by atoms with van der Waals surface area (Å²) in [6.45, 7) is -0.0205. The molecule has 5 atom stereocenters. The molecule has 3 heterocycles. The highest BCUT2D eigenvalue weighted by molar-refractivity contribution is 6.30. The van der Waals surface area contributed by atoms with Crippen molar-refractivity contribution in [1.29, 1.82) is 0 Å². The van der Waals surface area contributed by atoms with Gasteiger partial charge in [-0.3, -0.25) is 4.57 Å². The lowest BCUT2D eigenvalue weighted by molar-refractivity contribution is -0.156. The maximum atomic E-state index is 11.9. The third kappa shape index (κ3) is 5.99. The molecule has 0 amide bonds. The first-order valence-corrected chi connectivity index (χ1v) is 13.3. The number of fused-ring (bicyclic) bond motifs is 1. The number of nitrogens with zero attached hydrogens (tertiary/aromatic N) is 4. The number of benzene rings is 2. The van der Waals surface area contributed by atoms with E-state index in [1.807, 2.05) is 18.2 Å². The molecule has 41 heavy (non-hydrogen) atoms. The Labute approximate surface area is 244 Å². The monoisotopic (exact) mass is 597 g/mol. The van der Waals surface area contributed by atoms with Crippen LogP contribution in [0.25, 0.3) is 11.2 Å². The minimum absolute atomic E-state index is 0.0801. The fraction of sp³-hybridized carbons (Fsp3) is 0.286. The predicted octanol–water partition coefficient (Wildman–Crippen LogP) is 3.08. The number of aromatic nitrogens is 4. The molecule has 0 saturated carbocycles. The lowest BCUT2D eigenvalue weighted by atomic mass is 9.93. The molecular formula is C28H25Cl2N5O6. The third-order valence-corrected chi connectivity index (χ3v) is 7.20. The third-order valence-electron chi connectivity index (χ3n) is 6.78. The van der Waals surface area contributed by atoms with Crippen LogP contribution in [-0.4, -0.2) is 71.3 Å². The summed E-state index contributed by atoms with van der Waals surface area (Å²) in [5.41, 5.74) is 0.0150. The van der Waals surface area contributed by atoms with E-state index in [2.05, 4.69) is 26.2 Å². The zero-order chi connectivity index (χ0) is 29.1. The Balaban J connectivity index is 1.36. The first kappa shape index (κ1) is 28.8. The molecule has 1 unspecified atom stereocenters. The molecular weight excluding hydrogens is 573 g/mol. The summed E-state index contributed by atoms with van der Waals surface area (Å²) < 4.78 is 13.0. The number of carboxylic acids is 1. The Morgan fingerprint density at radius 1 is 1.17 bits per heavy atom. The standard InChI is InChI=1S/C28H25Cl2N5O6/c1-2-28(39)20(14-40-19(26(37)38)12-16-6-4-3-5-7-16)41-25(22(28)36)35-15-32-21-23(33-27(30)34-24(21)35)31-13-17-8-10-18(29)11-9-17/h1,3-11,15,19-20,22,25,36,39H,12-14H2,(H,37,38)(H,31,33,34)/t19?,20-,22+,25-,28-/m1/s1. The van der Waals surface area contributed by atoms with E-state index in [-0.39, 0.29) is 17.4 Å². The van der Waals surface area contributed by atoms with Crippen molar-refractivity contribution in [3.05, 3.63) is 82.4 Å². The van der Waals surface area contributed by atoms with Crippen LogP contribution < -0.4 is 5.32 Å². The van der Waals surface area contributed by atoms with E-state index < -0.39 is 42.7 Å². The Bertz CT molecular complexity index is 1580. The van der Waals surface area contributed by atoms with E-state index in [1.165, 1.54) is 10.9 Å². The summed E-state index contributed by atoms with van der Waals surface area (Å²) in [4.78, 5) is 24.7. The maximum Gasteiger partial charge on any atom is 0.333 e. The SMILES string of the molecule is C#C[C@@]1(O)[C@@H](COC(Cc2ccccc2)C(=O)O)O[C@@H](n2cnc3c(NCc4ccc(Cl)cc4)nc(Cl)nc32)[C@@H]1O. The average Bonchev–Trinajstić information content (AvgIpc) is 3.49.